The van der Waals surface area contributed by atoms with Gasteiger partial charge in [-0.1, -0.05) is 45.0 Å². The van der Waals surface area contributed by atoms with Crippen LogP contribution in [0.15, 0.2) is 46.8 Å². The zero-order valence-corrected chi connectivity index (χ0v) is 23.7. The van der Waals surface area contributed by atoms with Gasteiger partial charge in [-0.2, -0.15) is 0 Å². The Kier molecular flexibility index (Phi) is 7.07. The molecule has 0 bridgehead atoms. The van der Waals surface area contributed by atoms with Crippen molar-refractivity contribution >= 4 is 34.0 Å². The molecule has 2 N–H and O–H groups in total. The second-order valence-electron chi connectivity index (χ2n) is 11.4. The first kappa shape index (κ1) is 26.4. The number of nitrogens with one attached hydrogen (secondary N) is 2. The van der Waals surface area contributed by atoms with Crippen molar-refractivity contribution in [2.45, 2.75) is 78.6 Å². The number of aryl methyl sites for hydroxylation is 2. The molecule has 3 aliphatic rings. The van der Waals surface area contributed by atoms with E-state index in [9.17, 15) is 14.4 Å². The zero-order chi connectivity index (χ0) is 27.2. The monoisotopic (exact) mass is 532 g/mol. The van der Waals surface area contributed by atoms with Crippen LogP contribution < -0.4 is 10.6 Å². The first-order valence-corrected chi connectivity index (χ1v) is 14.3. The second-order valence-corrected chi connectivity index (χ2v) is 12.5. The highest BCUT2D eigenvalue weighted by molar-refractivity contribution is 7.17. The van der Waals surface area contributed by atoms with Crippen LogP contribution in [-0.2, 0) is 33.6 Å². The van der Waals surface area contributed by atoms with E-state index in [0.29, 0.717) is 28.1 Å². The number of thiophene rings is 1. The molecule has 1 amide bonds. The molecule has 5 rings (SSSR count). The van der Waals surface area contributed by atoms with Crippen molar-refractivity contribution in [1.29, 1.82) is 0 Å². The molecule has 1 aliphatic heterocycles. The van der Waals surface area contributed by atoms with Crippen LogP contribution in [0.5, 0.6) is 0 Å². The molecular weight excluding hydrogens is 496 g/mol. The van der Waals surface area contributed by atoms with Gasteiger partial charge >= 0.3 is 5.97 Å². The number of Topliss-reactive ketones (excluding diaryl/α,β-unsaturated/α-hetero) is 1. The number of fused-ring (bicyclic) bond motifs is 1. The highest BCUT2D eigenvalue weighted by atomic mass is 32.1. The lowest BCUT2D eigenvalue weighted by molar-refractivity contribution is -0.118. The Hall–Kier alpha value is -3.19. The van der Waals surface area contributed by atoms with E-state index < -0.39 is 11.9 Å². The van der Waals surface area contributed by atoms with E-state index in [-0.39, 0.29) is 17.1 Å². The summed E-state index contributed by atoms with van der Waals surface area (Å²) >= 11 is 1.47. The number of ketones is 1. The number of carbonyl (C=O) groups is 3. The van der Waals surface area contributed by atoms with Gasteiger partial charge in [-0.25, -0.2) is 4.79 Å². The molecular formula is C31H36N2O4S. The largest absolute Gasteiger partial charge is 0.465 e. The predicted octanol–water partition coefficient (Wildman–Crippen LogP) is 6.22. The first-order valence-electron chi connectivity index (χ1n) is 13.5. The van der Waals surface area contributed by atoms with E-state index in [0.717, 1.165) is 65.9 Å². The van der Waals surface area contributed by atoms with Crippen molar-refractivity contribution in [3.8, 4) is 0 Å². The van der Waals surface area contributed by atoms with Crippen molar-refractivity contribution in [3.05, 3.63) is 73.9 Å². The Morgan fingerprint density at radius 2 is 1.84 bits per heavy atom. The normalized spacial score (nSPS) is 20.4. The molecule has 7 heteroatoms. The fraction of sp³-hybridized carbons (Fsp3) is 0.452. The number of esters is 1. The molecule has 2 heterocycles. The maximum Gasteiger partial charge on any atom is 0.341 e. The van der Waals surface area contributed by atoms with Gasteiger partial charge in [0.15, 0.2) is 5.78 Å². The maximum atomic E-state index is 14.1. The van der Waals surface area contributed by atoms with Gasteiger partial charge in [-0.15, -0.1) is 11.3 Å². The number of hydrogen-bond acceptors (Lipinski definition) is 6. The molecule has 0 radical (unpaired) electrons. The maximum absolute atomic E-state index is 14.1. The summed E-state index contributed by atoms with van der Waals surface area (Å²) in [5.41, 5.74) is 6.29. The topological polar surface area (TPSA) is 84.5 Å². The van der Waals surface area contributed by atoms with Gasteiger partial charge in [0.25, 0.3) is 5.91 Å². The Balaban J connectivity index is 1.58. The number of ether oxygens (including phenoxy) is 1. The molecule has 1 aromatic carbocycles. The number of hydrogen-bond donors (Lipinski definition) is 2. The van der Waals surface area contributed by atoms with Crippen molar-refractivity contribution in [3.63, 3.8) is 0 Å². The molecule has 0 fully saturated rings. The summed E-state index contributed by atoms with van der Waals surface area (Å²) < 4.78 is 5.11. The summed E-state index contributed by atoms with van der Waals surface area (Å²) in [6, 6.07) is 8.22. The molecule has 1 unspecified atom stereocenters. The van der Waals surface area contributed by atoms with E-state index >= 15 is 0 Å². The molecule has 1 aromatic heterocycles. The lowest BCUT2D eigenvalue weighted by Crippen LogP contribution is -2.39. The molecule has 200 valence electrons. The summed E-state index contributed by atoms with van der Waals surface area (Å²) in [6.07, 6.45) is 5.89. The number of amides is 1. The van der Waals surface area contributed by atoms with Crippen molar-refractivity contribution in [2.75, 3.05) is 12.4 Å². The minimum atomic E-state index is -0.475. The van der Waals surface area contributed by atoms with Gasteiger partial charge in [-0.3, -0.25) is 9.59 Å². The van der Waals surface area contributed by atoms with Crippen molar-refractivity contribution in [2.24, 2.45) is 5.41 Å². The summed E-state index contributed by atoms with van der Waals surface area (Å²) in [5.74, 6) is -1.12. The molecule has 6 nitrogen and oxygen atoms in total. The Bertz CT molecular complexity index is 1380. The standard InChI is InChI=1S/C31H36N2O4S/c1-6-18-11-13-19(14-12-18)25-24(17(2)32-21-15-31(3,4)16-22(34)27(21)25)28(35)33-29-26(30(36)37-5)20-9-7-8-10-23(20)38-29/h11-14,25,32H,6-10,15-16H2,1-5H3,(H,33,35). The van der Waals surface area contributed by atoms with E-state index in [4.69, 9.17) is 4.74 Å². The van der Waals surface area contributed by atoms with E-state index in [1.807, 2.05) is 19.1 Å². The van der Waals surface area contributed by atoms with Crippen LogP contribution in [-0.4, -0.2) is 24.8 Å². The van der Waals surface area contributed by atoms with E-state index in [2.05, 4.69) is 43.5 Å². The quantitative estimate of drug-likeness (QED) is 0.447. The number of carbonyl (C=O) groups excluding carboxylic acids is 3. The Labute approximate surface area is 228 Å². The molecule has 0 saturated heterocycles. The first-order chi connectivity index (χ1) is 18.1. The van der Waals surface area contributed by atoms with Crippen LogP contribution in [0.25, 0.3) is 0 Å². The summed E-state index contributed by atoms with van der Waals surface area (Å²) in [6.45, 7) is 8.22. The molecule has 38 heavy (non-hydrogen) atoms. The lowest BCUT2D eigenvalue weighted by Gasteiger charge is -2.39. The van der Waals surface area contributed by atoms with Gasteiger partial charge in [0, 0.05) is 39.8 Å². The number of dihydropyridines is 1. The fourth-order valence-corrected chi connectivity index (χ4v) is 7.43. The van der Waals surface area contributed by atoms with Gasteiger partial charge in [-0.05, 0) is 67.6 Å². The van der Waals surface area contributed by atoms with Crippen molar-refractivity contribution in [1.82, 2.24) is 5.32 Å². The van der Waals surface area contributed by atoms with Gasteiger partial charge in [0.05, 0.1) is 12.7 Å². The van der Waals surface area contributed by atoms with Gasteiger partial charge in [0.2, 0.25) is 0 Å². The van der Waals surface area contributed by atoms with Crippen LogP contribution >= 0.6 is 11.3 Å². The molecule has 1 atom stereocenters. The van der Waals surface area contributed by atoms with Crippen LogP contribution in [0.4, 0.5) is 5.00 Å². The second kappa shape index (κ2) is 10.2. The molecule has 0 saturated carbocycles. The summed E-state index contributed by atoms with van der Waals surface area (Å²) in [7, 11) is 1.37. The van der Waals surface area contributed by atoms with E-state index in [1.165, 1.54) is 24.0 Å². The van der Waals surface area contributed by atoms with Crippen molar-refractivity contribution < 1.29 is 19.1 Å². The van der Waals surface area contributed by atoms with Crippen LogP contribution in [0.3, 0.4) is 0 Å². The molecule has 2 aromatic rings. The minimum absolute atomic E-state index is 0.0768. The van der Waals surface area contributed by atoms with E-state index in [1.54, 1.807) is 0 Å². The smallest absolute Gasteiger partial charge is 0.341 e. The minimum Gasteiger partial charge on any atom is -0.465 e. The SMILES string of the molecule is CCc1ccc(C2C(C(=O)Nc3sc4c(c3C(=O)OC)CCCC4)=C(C)NC3=C2C(=O)CC(C)(C)C3)cc1. The highest BCUT2D eigenvalue weighted by Gasteiger charge is 2.43. The van der Waals surface area contributed by atoms with Crippen LogP contribution in [0.1, 0.15) is 91.2 Å². The number of allylic oxidation sites excluding steroid dienone is 3. The number of benzene rings is 1. The van der Waals surface area contributed by atoms with Crippen LogP contribution in [0, 0.1) is 5.41 Å². The number of methoxy groups -OCH3 is 1. The van der Waals surface area contributed by atoms with Crippen LogP contribution in [0.2, 0.25) is 0 Å². The number of anilines is 1. The van der Waals surface area contributed by atoms with Gasteiger partial charge in [0.1, 0.15) is 5.00 Å². The highest BCUT2D eigenvalue weighted by Crippen LogP contribution is 2.47. The summed E-state index contributed by atoms with van der Waals surface area (Å²) in [4.78, 5) is 41.6. The lowest BCUT2D eigenvalue weighted by atomic mass is 9.68. The number of rotatable bonds is 5. The average Bonchev–Trinajstić information content (AvgIpc) is 3.24. The predicted molar refractivity (Wildman–Crippen MR) is 150 cm³/mol. The summed E-state index contributed by atoms with van der Waals surface area (Å²) in [5, 5.41) is 7.04. The fourth-order valence-electron chi connectivity index (χ4n) is 6.16. The van der Waals surface area contributed by atoms with Gasteiger partial charge < -0.3 is 15.4 Å². The third kappa shape index (κ3) is 4.73. The molecule has 0 spiro atoms. The Morgan fingerprint density at radius 1 is 1.13 bits per heavy atom. The third-order valence-corrected chi connectivity index (χ3v) is 9.20. The zero-order valence-electron chi connectivity index (χ0n) is 22.9. The third-order valence-electron chi connectivity index (χ3n) is 7.99. The Morgan fingerprint density at radius 3 is 2.53 bits per heavy atom. The average molecular weight is 533 g/mol. The molecule has 2 aliphatic carbocycles.